The molecule has 2 aromatic rings. The third-order valence-electron chi connectivity index (χ3n) is 4.03. The molecule has 1 atom stereocenters. The Balaban J connectivity index is 1.53. The normalized spacial score (nSPS) is 19.4. The second-order valence-electron chi connectivity index (χ2n) is 5.70. The van der Waals surface area contributed by atoms with Crippen molar-refractivity contribution in [3.05, 3.63) is 53.1 Å². The van der Waals surface area contributed by atoms with Gasteiger partial charge in [-0.15, -0.1) is 0 Å². The van der Waals surface area contributed by atoms with Gasteiger partial charge >= 0.3 is 0 Å². The first kappa shape index (κ1) is 16.7. The standard InChI is InChI=1S/C18H14ClNO3S2/c19-12-2-4-13(5-3-12)20-17(21)16(25-18(20)24)10-11-1-6-14-15(9-11)23-8-7-22-14/h1-6,9,16H,7-8,10H2. The van der Waals surface area contributed by atoms with Crippen molar-refractivity contribution in [1.29, 1.82) is 0 Å². The highest BCUT2D eigenvalue weighted by atomic mass is 35.5. The topological polar surface area (TPSA) is 38.8 Å². The summed E-state index contributed by atoms with van der Waals surface area (Å²) >= 11 is 12.8. The van der Waals surface area contributed by atoms with Gasteiger partial charge in [0.05, 0.1) is 10.9 Å². The van der Waals surface area contributed by atoms with Crippen LogP contribution in [-0.2, 0) is 11.2 Å². The SMILES string of the molecule is O=C1C(Cc2ccc3c(c2)OCCO3)SC(=S)N1c1ccc(Cl)cc1. The zero-order valence-electron chi connectivity index (χ0n) is 13.1. The maximum atomic E-state index is 12.8. The van der Waals surface area contributed by atoms with Crippen LogP contribution in [-0.4, -0.2) is 28.7 Å². The number of amides is 1. The molecule has 0 N–H and O–H groups in total. The number of ether oxygens (including phenoxy) is 2. The van der Waals surface area contributed by atoms with Crippen molar-refractivity contribution < 1.29 is 14.3 Å². The number of rotatable bonds is 3. The predicted octanol–water partition coefficient (Wildman–Crippen LogP) is 4.09. The molecule has 1 fully saturated rings. The number of nitrogens with zero attached hydrogens (tertiary/aromatic N) is 1. The second kappa shape index (κ2) is 6.86. The smallest absolute Gasteiger partial charge is 0.246 e. The Bertz CT molecular complexity index is 841. The first-order valence-electron chi connectivity index (χ1n) is 7.80. The molecule has 0 saturated carbocycles. The molecule has 0 spiro atoms. The van der Waals surface area contributed by atoms with Gasteiger partial charge in [-0.1, -0.05) is 41.6 Å². The summed E-state index contributed by atoms with van der Waals surface area (Å²) in [6, 6.07) is 12.9. The number of hydrogen-bond acceptors (Lipinski definition) is 5. The average molecular weight is 392 g/mol. The van der Waals surface area contributed by atoms with Crippen molar-refractivity contribution in [2.75, 3.05) is 18.1 Å². The van der Waals surface area contributed by atoms with Crippen LogP contribution in [0.15, 0.2) is 42.5 Å². The summed E-state index contributed by atoms with van der Waals surface area (Å²) in [6.07, 6.45) is 0.588. The zero-order chi connectivity index (χ0) is 17.4. The molecule has 0 radical (unpaired) electrons. The summed E-state index contributed by atoms with van der Waals surface area (Å²) < 4.78 is 11.7. The van der Waals surface area contributed by atoms with Crippen LogP contribution in [0.4, 0.5) is 5.69 Å². The van der Waals surface area contributed by atoms with Gasteiger partial charge in [0.25, 0.3) is 0 Å². The van der Waals surface area contributed by atoms with Crippen LogP contribution < -0.4 is 14.4 Å². The Kier molecular flexibility index (Phi) is 4.58. The Morgan fingerprint density at radius 2 is 1.84 bits per heavy atom. The lowest BCUT2D eigenvalue weighted by molar-refractivity contribution is -0.116. The molecule has 2 heterocycles. The second-order valence-corrected chi connectivity index (χ2v) is 7.98. The number of carbonyl (C=O) groups excluding carboxylic acids is 1. The lowest BCUT2D eigenvalue weighted by atomic mass is 10.1. The summed E-state index contributed by atoms with van der Waals surface area (Å²) in [5, 5.41) is 0.382. The van der Waals surface area contributed by atoms with Crippen molar-refractivity contribution in [1.82, 2.24) is 0 Å². The van der Waals surface area contributed by atoms with Crippen molar-refractivity contribution in [3.63, 3.8) is 0 Å². The lowest BCUT2D eigenvalue weighted by Crippen LogP contribution is -2.31. The van der Waals surface area contributed by atoms with Crippen molar-refractivity contribution in [3.8, 4) is 11.5 Å². The Labute approximate surface area is 160 Å². The van der Waals surface area contributed by atoms with Gasteiger partial charge in [-0.3, -0.25) is 9.69 Å². The van der Waals surface area contributed by atoms with E-state index in [2.05, 4.69) is 0 Å². The monoisotopic (exact) mass is 391 g/mol. The molecule has 1 saturated heterocycles. The number of fused-ring (bicyclic) bond motifs is 1. The number of anilines is 1. The molecule has 0 aliphatic carbocycles. The quantitative estimate of drug-likeness (QED) is 0.737. The first-order valence-corrected chi connectivity index (χ1v) is 9.47. The molecule has 2 aliphatic heterocycles. The summed E-state index contributed by atoms with van der Waals surface area (Å²) in [5.41, 5.74) is 1.77. The number of benzene rings is 2. The minimum atomic E-state index is -0.245. The predicted molar refractivity (Wildman–Crippen MR) is 104 cm³/mol. The minimum absolute atomic E-state index is 0.00721. The van der Waals surface area contributed by atoms with Crippen LogP contribution in [0.1, 0.15) is 5.56 Å². The minimum Gasteiger partial charge on any atom is -0.486 e. The fraction of sp³-hybridized carbons (Fsp3) is 0.222. The van der Waals surface area contributed by atoms with Gasteiger partial charge in [0.2, 0.25) is 5.91 Å². The Morgan fingerprint density at radius 1 is 1.12 bits per heavy atom. The van der Waals surface area contributed by atoms with E-state index >= 15 is 0 Å². The molecular formula is C18H14ClNO3S2. The van der Waals surface area contributed by atoms with Gasteiger partial charge in [-0.05, 0) is 48.4 Å². The Morgan fingerprint density at radius 3 is 2.60 bits per heavy atom. The van der Waals surface area contributed by atoms with E-state index in [4.69, 9.17) is 33.3 Å². The molecule has 0 bridgehead atoms. The highest BCUT2D eigenvalue weighted by Crippen LogP contribution is 2.36. The van der Waals surface area contributed by atoms with Crippen LogP contribution >= 0.6 is 35.6 Å². The van der Waals surface area contributed by atoms with Crippen LogP contribution in [0.3, 0.4) is 0 Å². The van der Waals surface area contributed by atoms with Crippen molar-refractivity contribution in [2.45, 2.75) is 11.7 Å². The summed E-state index contributed by atoms with van der Waals surface area (Å²) in [4.78, 5) is 14.4. The molecule has 1 unspecified atom stereocenters. The molecule has 4 rings (SSSR count). The van der Waals surface area contributed by atoms with Crippen molar-refractivity contribution >= 4 is 51.5 Å². The van der Waals surface area contributed by atoms with E-state index in [1.807, 2.05) is 18.2 Å². The van der Waals surface area contributed by atoms with E-state index in [1.165, 1.54) is 11.8 Å². The molecule has 2 aliphatic rings. The molecular weight excluding hydrogens is 378 g/mol. The molecule has 7 heteroatoms. The van der Waals surface area contributed by atoms with Gasteiger partial charge in [-0.25, -0.2) is 0 Å². The van der Waals surface area contributed by atoms with E-state index in [-0.39, 0.29) is 11.2 Å². The number of thioether (sulfide) groups is 1. The van der Waals surface area contributed by atoms with Crippen LogP contribution in [0, 0.1) is 0 Å². The summed E-state index contributed by atoms with van der Waals surface area (Å²) in [6.45, 7) is 1.11. The van der Waals surface area contributed by atoms with Gasteiger partial charge in [0.15, 0.2) is 11.5 Å². The highest BCUT2D eigenvalue weighted by Gasteiger charge is 2.37. The zero-order valence-corrected chi connectivity index (χ0v) is 15.5. The van der Waals surface area contributed by atoms with Gasteiger partial charge in [0, 0.05) is 5.02 Å². The maximum absolute atomic E-state index is 12.8. The van der Waals surface area contributed by atoms with E-state index in [0.29, 0.717) is 29.0 Å². The summed E-state index contributed by atoms with van der Waals surface area (Å²) in [5.74, 6) is 1.47. The summed E-state index contributed by atoms with van der Waals surface area (Å²) in [7, 11) is 0. The number of hydrogen-bond donors (Lipinski definition) is 0. The van der Waals surface area contributed by atoms with Gasteiger partial charge in [0.1, 0.15) is 17.5 Å². The lowest BCUT2D eigenvalue weighted by Gasteiger charge is -2.19. The third kappa shape index (κ3) is 3.34. The van der Waals surface area contributed by atoms with Gasteiger partial charge < -0.3 is 9.47 Å². The van der Waals surface area contributed by atoms with Crippen LogP contribution in [0.25, 0.3) is 0 Å². The largest absolute Gasteiger partial charge is 0.486 e. The molecule has 4 nitrogen and oxygen atoms in total. The van der Waals surface area contributed by atoms with Crippen LogP contribution in [0.2, 0.25) is 5.02 Å². The Hall–Kier alpha value is -1.76. The van der Waals surface area contributed by atoms with E-state index < -0.39 is 0 Å². The fourth-order valence-corrected chi connectivity index (χ4v) is 4.54. The molecule has 25 heavy (non-hydrogen) atoms. The fourth-order valence-electron chi connectivity index (χ4n) is 2.84. The third-order valence-corrected chi connectivity index (χ3v) is 5.79. The number of carbonyl (C=O) groups is 1. The number of halogens is 1. The van der Waals surface area contributed by atoms with E-state index in [9.17, 15) is 4.79 Å². The van der Waals surface area contributed by atoms with E-state index in [1.54, 1.807) is 29.2 Å². The van der Waals surface area contributed by atoms with Gasteiger partial charge in [-0.2, -0.15) is 0 Å². The average Bonchev–Trinajstić information content (AvgIpc) is 2.89. The molecule has 0 aromatic heterocycles. The molecule has 128 valence electrons. The molecule has 1 amide bonds. The number of thiocarbonyl (C=S) groups is 1. The highest BCUT2D eigenvalue weighted by molar-refractivity contribution is 8.25. The molecule has 2 aromatic carbocycles. The maximum Gasteiger partial charge on any atom is 0.246 e. The van der Waals surface area contributed by atoms with Crippen molar-refractivity contribution in [2.24, 2.45) is 0 Å². The van der Waals surface area contributed by atoms with Crippen LogP contribution in [0.5, 0.6) is 11.5 Å². The first-order chi connectivity index (χ1) is 12.1. The van der Waals surface area contributed by atoms with E-state index in [0.717, 1.165) is 22.7 Å².